The van der Waals surface area contributed by atoms with Gasteiger partial charge in [-0.3, -0.25) is 0 Å². The summed E-state index contributed by atoms with van der Waals surface area (Å²) in [6.07, 6.45) is 3.35. The second-order valence-corrected chi connectivity index (χ2v) is 4.54. The van der Waals surface area contributed by atoms with Gasteiger partial charge in [-0.15, -0.1) is 0 Å². The van der Waals surface area contributed by atoms with Gasteiger partial charge in [-0.1, -0.05) is 33.6 Å². The van der Waals surface area contributed by atoms with E-state index in [0.29, 0.717) is 6.54 Å². The Morgan fingerprint density at radius 3 is 2.41 bits per heavy atom. The molecule has 1 atom stereocenters. The Morgan fingerprint density at radius 2 is 1.94 bits per heavy atom. The van der Waals surface area contributed by atoms with E-state index in [9.17, 15) is 0 Å². The van der Waals surface area contributed by atoms with Crippen LogP contribution in [0.1, 0.15) is 51.2 Å². The number of hydrogen-bond donors (Lipinski definition) is 2. The SMILES string of the molecule is CCc1ccc(C(CN)NCC(CC)CC)o1. The summed E-state index contributed by atoms with van der Waals surface area (Å²) in [5.41, 5.74) is 5.80. The molecule has 3 nitrogen and oxygen atoms in total. The van der Waals surface area contributed by atoms with Crippen LogP contribution in [0.5, 0.6) is 0 Å². The van der Waals surface area contributed by atoms with Crippen molar-refractivity contribution in [1.82, 2.24) is 5.32 Å². The van der Waals surface area contributed by atoms with Crippen molar-refractivity contribution in [2.45, 2.75) is 46.1 Å². The molecule has 0 spiro atoms. The lowest BCUT2D eigenvalue weighted by molar-refractivity contribution is 0.363. The third-order valence-corrected chi connectivity index (χ3v) is 3.42. The molecule has 0 aliphatic rings. The van der Waals surface area contributed by atoms with Gasteiger partial charge in [0, 0.05) is 13.0 Å². The molecule has 0 amide bonds. The largest absolute Gasteiger partial charge is 0.464 e. The van der Waals surface area contributed by atoms with E-state index in [1.807, 2.05) is 12.1 Å². The van der Waals surface area contributed by atoms with Crippen LogP contribution in [0.25, 0.3) is 0 Å². The van der Waals surface area contributed by atoms with Gasteiger partial charge in [-0.2, -0.15) is 0 Å². The number of furan rings is 1. The zero-order chi connectivity index (χ0) is 12.7. The Hall–Kier alpha value is -0.800. The maximum atomic E-state index is 5.80. The zero-order valence-corrected chi connectivity index (χ0v) is 11.3. The Bertz CT molecular complexity index is 305. The maximum absolute atomic E-state index is 5.80. The van der Waals surface area contributed by atoms with Gasteiger partial charge >= 0.3 is 0 Å². The first-order valence-corrected chi connectivity index (χ1v) is 6.77. The van der Waals surface area contributed by atoms with Crippen LogP contribution >= 0.6 is 0 Å². The minimum absolute atomic E-state index is 0.149. The van der Waals surface area contributed by atoms with E-state index in [-0.39, 0.29) is 6.04 Å². The minimum Gasteiger partial charge on any atom is -0.464 e. The first kappa shape index (κ1) is 14.3. The van der Waals surface area contributed by atoms with E-state index in [2.05, 4.69) is 26.1 Å². The van der Waals surface area contributed by atoms with Gasteiger partial charge in [-0.25, -0.2) is 0 Å². The molecule has 17 heavy (non-hydrogen) atoms. The number of nitrogens with one attached hydrogen (secondary N) is 1. The van der Waals surface area contributed by atoms with Crippen molar-refractivity contribution in [1.29, 1.82) is 0 Å². The van der Waals surface area contributed by atoms with Gasteiger partial charge in [0.05, 0.1) is 6.04 Å². The molecule has 0 aliphatic carbocycles. The van der Waals surface area contributed by atoms with Crippen LogP contribution < -0.4 is 11.1 Å². The summed E-state index contributed by atoms with van der Waals surface area (Å²) in [5.74, 6) is 2.72. The Morgan fingerprint density at radius 1 is 1.24 bits per heavy atom. The van der Waals surface area contributed by atoms with Gasteiger partial charge in [-0.05, 0) is 24.6 Å². The number of rotatable bonds is 8. The normalized spacial score (nSPS) is 13.2. The standard InChI is InChI=1S/C14H26N2O/c1-4-11(5-2)10-16-13(9-15)14-8-7-12(6-3)17-14/h7-8,11,13,16H,4-6,9-10,15H2,1-3H3. The number of nitrogens with two attached hydrogens (primary N) is 1. The molecule has 0 saturated carbocycles. The van der Waals surface area contributed by atoms with Crippen LogP contribution in [-0.2, 0) is 6.42 Å². The molecular formula is C14H26N2O. The fourth-order valence-electron chi connectivity index (χ4n) is 1.96. The van der Waals surface area contributed by atoms with Crippen molar-refractivity contribution >= 4 is 0 Å². The van der Waals surface area contributed by atoms with Crippen molar-refractivity contribution in [3.05, 3.63) is 23.7 Å². The molecule has 0 bridgehead atoms. The van der Waals surface area contributed by atoms with Crippen molar-refractivity contribution in [2.24, 2.45) is 11.7 Å². The lowest BCUT2D eigenvalue weighted by Gasteiger charge is -2.19. The summed E-state index contributed by atoms with van der Waals surface area (Å²) in [5, 5.41) is 3.51. The molecule has 1 rings (SSSR count). The molecule has 98 valence electrons. The molecule has 3 heteroatoms. The Labute approximate surface area is 105 Å². The molecule has 0 aromatic carbocycles. The monoisotopic (exact) mass is 238 g/mol. The quantitative estimate of drug-likeness (QED) is 0.732. The van der Waals surface area contributed by atoms with Crippen LogP contribution in [0.2, 0.25) is 0 Å². The van der Waals surface area contributed by atoms with Crippen LogP contribution in [0.15, 0.2) is 16.5 Å². The Kier molecular flexibility index (Phi) is 6.30. The fraction of sp³-hybridized carbons (Fsp3) is 0.714. The van der Waals surface area contributed by atoms with Gasteiger partial charge in [0.15, 0.2) is 0 Å². The van der Waals surface area contributed by atoms with E-state index in [0.717, 1.165) is 30.4 Å². The van der Waals surface area contributed by atoms with E-state index in [1.165, 1.54) is 12.8 Å². The highest BCUT2D eigenvalue weighted by atomic mass is 16.3. The average Bonchev–Trinajstić information content (AvgIpc) is 2.83. The van der Waals surface area contributed by atoms with Crippen LogP contribution in [0.4, 0.5) is 0 Å². The first-order chi connectivity index (χ1) is 8.24. The summed E-state index contributed by atoms with van der Waals surface area (Å²) in [6, 6.07) is 4.23. The molecule has 1 aromatic heterocycles. The van der Waals surface area contributed by atoms with Gasteiger partial charge < -0.3 is 15.5 Å². The van der Waals surface area contributed by atoms with E-state index >= 15 is 0 Å². The number of hydrogen-bond acceptors (Lipinski definition) is 3. The molecule has 1 unspecified atom stereocenters. The molecular weight excluding hydrogens is 212 g/mol. The summed E-state index contributed by atoms with van der Waals surface area (Å²) in [7, 11) is 0. The zero-order valence-electron chi connectivity index (χ0n) is 11.3. The predicted molar refractivity (Wildman–Crippen MR) is 72.0 cm³/mol. The van der Waals surface area contributed by atoms with Crippen LogP contribution in [0, 0.1) is 5.92 Å². The molecule has 0 aliphatic heterocycles. The van der Waals surface area contributed by atoms with Crippen molar-refractivity contribution < 1.29 is 4.42 Å². The summed E-state index contributed by atoms with van der Waals surface area (Å²) in [4.78, 5) is 0. The highest BCUT2D eigenvalue weighted by molar-refractivity contribution is 5.11. The average molecular weight is 238 g/mol. The van der Waals surface area contributed by atoms with E-state index in [1.54, 1.807) is 0 Å². The van der Waals surface area contributed by atoms with Crippen LogP contribution in [0.3, 0.4) is 0 Å². The predicted octanol–water partition coefficient (Wildman–Crippen LogP) is 2.87. The Balaban J connectivity index is 2.53. The lowest BCUT2D eigenvalue weighted by Crippen LogP contribution is -2.31. The van der Waals surface area contributed by atoms with Crippen LogP contribution in [-0.4, -0.2) is 13.1 Å². The highest BCUT2D eigenvalue weighted by Gasteiger charge is 2.14. The van der Waals surface area contributed by atoms with Gasteiger partial charge in [0.1, 0.15) is 11.5 Å². The second-order valence-electron chi connectivity index (χ2n) is 4.54. The van der Waals surface area contributed by atoms with E-state index < -0.39 is 0 Å². The minimum atomic E-state index is 0.149. The number of aryl methyl sites for hydroxylation is 1. The maximum Gasteiger partial charge on any atom is 0.122 e. The molecule has 0 saturated heterocycles. The van der Waals surface area contributed by atoms with Crippen molar-refractivity contribution in [3.63, 3.8) is 0 Å². The second kappa shape index (κ2) is 7.51. The van der Waals surface area contributed by atoms with Gasteiger partial charge in [0.2, 0.25) is 0 Å². The van der Waals surface area contributed by atoms with Gasteiger partial charge in [0.25, 0.3) is 0 Å². The fourth-order valence-corrected chi connectivity index (χ4v) is 1.96. The first-order valence-electron chi connectivity index (χ1n) is 6.77. The smallest absolute Gasteiger partial charge is 0.122 e. The third-order valence-electron chi connectivity index (χ3n) is 3.42. The molecule has 1 heterocycles. The van der Waals surface area contributed by atoms with E-state index in [4.69, 9.17) is 10.2 Å². The molecule has 0 fully saturated rings. The topological polar surface area (TPSA) is 51.2 Å². The molecule has 1 aromatic rings. The summed E-state index contributed by atoms with van der Waals surface area (Å²) < 4.78 is 5.74. The summed E-state index contributed by atoms with van der Waals surface area (Å²) in [6.45, 7) is 8.15. The third kappa shape index (κ3) is 4.17. The van der Waals surface area contributed by atoms with Crippen molar-refractivity contribution in [2.75, 3.05) is 13.1 Å². The molecule has 0 radical (unpaired) electrons. The van der Waals surface area contributed by atoms with Crippen molar-refractivity contribution in [3.8, 4) is 0 Å². The molecule has 3 N–H and O–H groups in total. The lowest BCUT2D eigenvalue weighted by atomic mass is 10.0. The highest BCUT2D eigenvalue weighted by Crippen LogP contribution is 2.17. The summed E-state index contributed by atoms with van der Waals surface area (Å²) >= 11 is 0.